The van der Waals surface area contributed by atoms with Crippen LogP contribution in [0.4, 0.5) is 0 Å². The second kappa shape index (κ2) is 6.48. The summed E-state index contributed by atoms with van der Waals surface area (Å²) in [4.78, 5) is 0. The van der Waals surface area contributed by atoms with Crippen LogP contribution in [0, 0.1) is 5.92 Å². The molecule has 2 atom stereocenters. The Morgan fingerprint density at radius 1 is 1.16 bits per heavy atom. The van der Waals surface area contributed by atoms with Gasteiger partial charge in [-0.05, 0) is 25.0 Å². The van der Waals surface area contributed by atoms with E-state index < -0.39 is 0 Å². The van der Waals surface area contributed by atoms with Crippen molar-refractivity contribution in [3.63, 3.8) is 0 Å². The van der Waals surface area contributed by atoms with Gasteiger partial charge in [-0.1, -0.05) is 38.5 Å². The number of nitrogens with zero attached hydrogens (tertiary/aromatic N) is 2. The van der Waals surface area contributed by atoms with Gasteiger partial charge in [0.15, 0.2) is 0 Å². The summed E-state index contributed by atoms with van der Waals surface area (Å²) < 4.78 is 5.65. The summed E-state index contributed by atoms with van der Waals surface area (Å²) in [6, 6.07) is 10.3. The molecule has 1 aromatic carbocycles. The second-order valence-corrected chi connectivity index (χ2v) is 4.92. The minimum absolute atomic E-state index is 0.442. The van der Waals surface area contributed by atoms with Crippen LogP contribution < -0.4 is 5.32 Å². The zero-order valence-electron chi connectivity index (χ0n) is 11.8. The molecule has 0 aliphatic rings. The lowest BCUT2D eigenvalue weighted by Crippen LogP contribution is -2.31. The topological polar surface area (TPSA) is 51.0 Å². The van der Waals surface area contributed by atoms with Crippen molar-refractivity contribution in [3.8, 4) is 11.5 Å². The Hall–Kier alpha value is -1.68. The van der Waals surface area contributed by atoms with Crippen molar-refractivity contribution in [2.45, 2.75) is 39.8 Å². The van der Waals surface area contributed by atoms with Crippen molar-refractivity contribution in [2.75, 3.05) is 0 Å². The fourth-order valence-electron chi connectivity index (χ4n) is 1.83. The van der Waals surface area contributed by atoms with E-state index in [0.29, 0.717) is 30.3 Å². The summed E-state index contributed by atoms with van der Waals surface area (Å²) in [6.45, 7) is 7.23. The van der Waals surface area contributed by atoms with E-state index in [2.05, 4.69) is 36.3 Å². The quantitative estimate of drug-likeness (QED) is 0.865. The van der Waals surface area contributed by atoms with Gasteiger partial charge in [0.2, 0.25) is 11.8 Å². The van der Waals surface area contributed by atoms with Crippen LogP contribution in [0.15, 0.2) is 34.7 Å². The highest BCUT2D eigenvalue weighted by Gasteiger charge is 2.12. The summed E-state index contributed by atoms with van der Waals surface area (Å²) >= 11 is 0. The van der Waals surface area contributed by atoms with Crippen molar-refractivity contribution in [1.29, 1.82) is 0 Å². The largest absolute Gasteiger partial charge is 0.419 e. The molecule has 0 amide bonds. The molecule has 1 aromatic heterocycles. The van der Waals surface area contributed by atoms with E-state index in [0.717, 1.165) is 12.0 Å². The molecule has 1 heterocycles. The van der Waals surface area contributed by atoms with Gasteiger partial charge in [-0.3, -0.25) is 0 Å². The van der Waals surface area contributed by atoms with Gasteiger partial charge in [0.25, 0.3) is 0 Å². The van der Waals surface area contributed by atoms with Gasteiger partial charge in [-0.2, -0.15) is 0 Å². The van der Waals surface area contributed by atoms with E-state index in [1.54, 1.807) is 0 Å². The van der Waals surface area contributed by atoms with Gasteiger partial charge in [0, 0.05) is 11.6 Å². The average Bonchev–Trinajstić information content (AvgIpc) is 2.93. The van der Waals surface area contributed by atoms with Crippen molar-refractivity contribution >= 4 is 0 Å². The molecular weight excluding hydrogens is 238 g/mol. The molecule has 2 rings (SSSR count). The monoisotopic (exact) mass is 259 g/mol. The Morgan fingerprint density at radius 2 is 1.89 bits per heavy atom. The summed E-state index contributed by atoms with van der Waals surface area (Å²) in [7, 11) is 0. The first-order valence-corrected chi connectivity index (χ1v) is 6.82. The molecule has 2 aromatic rings. The maximum Gasteiger partial charge on any atom is 0.247 e. The molecule has 0 saturated heterocycles. The first-order valence-electron chi connectivity index (χ1n) is 6.82. The molecule has 0 fully saturated rings. The van der Waals surface area contributed by atoms with Crippen LogP contribution >= 0.6 is 0 Å². The fourth-order valence-corrected chi connectivity index (χ4v) is 1.83. The first kappa shape index (κ1) is 13.7. The number of aromatic nitrogens is 2. The summed E-state index contributed by atoms with van der Waals surface area (Å²) in [5.74, 6) is 1.85. The highest BCUT2D eigenvalue weighted by Crippen LogP contribution is 2.17. The Balaban J connectivity index is 1.95. The molecule has 1 N–H and O–H groups in total. The maximum atomic E-state index is 5.65. The molecule has 0 bridgehead atoms. The molecule has 4 heteroatoms. The predicted molar refractivity (Wildman–Crippen MR) is 75.5 cm³/mol. The van der Waals surface area contributed by atoms with Gasteiger partial charge in [0.05, 0.1) is 6.54 Å². The molecule has 102 valence electrons. The van der Waals surface area contributed by atoms with Crippen LogP contribution in [-0.4, -0.2) is 16.2 Å². The molecule has 0 aliphatic carbocycles. The Kier molecular flexibility index (Phi) is 4.68. The van der Waals surface area contributed by atoms with Crippen LogP contribution in [0.3, 0.4) is 0 Å². The third-order valence-corrected chi connectivity index (χ3v) is 3.56. The highest BCUT2D eigenvalue weighted by molar-refractivity contribution is 5.51. The molecule has 0 spiro atoms. The number of hydrogen-bond acceptors (Lipinski definition) is 4. The molecular formula is C15H21N3O. The fraction of sp³-hybridized carbons (Fsp3) is 0.467. The number of nitrogens with one attached hydrogen (secondary N) is 1. The molecule has 19 heavy (non-hydrogen) atoms. The molecule has 0 aliphatic heterocycles. The lowest BCUT2D eigenvalue weighted by Gasteiger charge is -2.18. The minimum Gasteiger partial charge on any atom is -0.419 e. The number of hydrogen-bond donors (Lipinski definition) is 1. The van der Waals surface area contributed by atoms with Crippen LogP contribution in [0.5, 0.6) is 0 Å². The zero-order valence-corrected chi connectivity index (χ0v) is 11.8. The predicted octanol–water partition coefficient (Wildman–Crippen LogP) is 3.26. The zero-order chi connectivity index (χ0) is 13.7. The van der Waals surface area contributed by atoms with Gasteiger partial charge in [0.1, 0.15) is 0 Å². The second-order valence-electron chi connectivity index (χ2n) is 4.92. The number of rotatable bonds is 6. The van der Waals surface area contributed by atoms with Crippen LogP contribution in [0.25, 0.3) is 11.5 Å². The Labute approximate surface area is 114 Å². The highest BCUT2D eigenvalue weighted by atomic mass is 16.4. The Bertz CT molecular complexity index is 495. The van der Waals surface area contributed by atoms with Gasteiger partial charge < -0.3 is 9.73 Å². The van der Waals surface area contributed by atoms with E-state index in [-0.39, 0.29) is 0 Å². The average molecular weight is 259 g/mol. The summed E-state index contributed by atoms with van der Waals surface area (Å²) in [6.07, 6.45) is 1.16. The standard InChI is InChI=1S/C15H21N3O/c1-4-11(2)12(3)16-10-14-17-18-15(19-14)13-8-6-5-7-9-13/h5-9,11-12,16H,4,10H2,1-3H3. The van der Waals surface area contributed by atoms with E-state index in [4.69, 9.17) is 4.42 Å². The first-order chi connectivity index (χ1) is 9.20. The van der Waals surface area contributed by atoms with Crippen molar-refractivity contribution in [2.24, 2.45) is 5.92 Å². The van der Waals surface area contributed by atoms with Gasteiger partial charge in [-0.25, -0.2) is 0 Å². The molecule has 0 radical (unpaired) electrons. The number of benzene rings is 1. The van der Waals surface area contributed by atoms with Crippen LogP contribution in [-0.2, 0) is 6.54 Å². The molecule has 0 saturated carbocycles. The van der Waals surface area contributed by atoms with Crippen LogP contribution in [0.1, 0.15) is 33.1 Å². The van der Waals surface area contributed by atoms with Crippen molar-refractivity contribution < 1.29 is 4.42 Å². The smallest absolute Gasteiger partial charge is 0.247 e. The van der Waals surface area contributed by atoms with Crippen molar-refractivity contribution in [3.05, 3.63) is 36.2 Å². The third-order valence-electron chi connectivity index (χ3n) is 3.56. The van der Waals surface area contributed by atoms with E-state index in [1.165, 1.54) is 0 Å². The lowest BCUT2D eigenvalue weighted by atomic mass is 10.0. The van der Waals surface area contributed by atoms with Gasteiger partial charge >= 0.3 is 0 Å². The molecule has 4 nitrogen and oxygen atoms in total. The third kappa shape index (κ3) is 3.64. The van der Waals surface area contributed by atoms with Crippen molar-refractivity contribution in [1.82, 2.24) is 15.5 Å². The molecule has 2 unspecified atom stereocenters. The van der Waals surface area contributed by atoms with Crippen LogP contribution in [0.2, 0.25) is 0 Å². The van der Waals surface area contributed by atoms with E-state index >= 15 is 0 Å². The SMILES string of the molecule is CCC(C)C(C)NCc1nnc(-c2ccccc2)o1. The minimum atomic E-state index is 0.442. The summed E-state index contributed by atoms with van der Waals surface area (Å²) in [5, 5.41) is 11.6. The van der Waals surface area contributed by atoms with E-state index in [9.17, 15) is 0 Å². The van der Waals surface area contributed by atoms with E-state index in [1.807, 2.05) is 30.3 Å². The lowest BCUT2D eigenvalue weighted by molar-refractivity contribution is 0.367. The van der Waals surface area contributed by atoms with Gasteiger partial charge in [-0.15, -0.1) is 10.2 Å². The normalized spacial score (nSPS) is 14.3. The maximum absolute atomic E-state index is 5.65. The Morgan fingerprint density at radius 3 is 2.58 bits per heavy atom. The summed E-state index contributed by atoms with van der Waals surface area (Å²) in [5.41, 5.74) is 0.955.